The van der Waals surface area contributed by atoms with Crippen LogP contribution in [0.5, 0.6) is 0 Å². The van der Waals surface area contributed by atoms with Gasteiger partial charge in [0.25, 0.3) is 22.7 Å². The largest absolute Gasteiger partial charge is 0.672 e. The van der Waals surface area contributed by atoms with Crippen molar-refractivity contribution in [3.63, 3.8) is 0 Å². The normalized spacial score (nSPS) is 12.9. The maximum atomic E-state index is 8.67. The van der Waals surface area contributed by atoms with Crippen LogP contribution >= 0.6 is 0 Å². The molecule has 1 radical (unpaired) electrons. The summed E-state index contributed by atoms with van der Waals surface area (Å²) in [6, 6.07) is 36.1. The molecule has 8 N–H and O–H groups in total. The first-order valence-electron chi connectivity index (χ1n) is 11.7. The zero-order valence-electron chi connectivity index (χ0n) is 21.6. The van der Waals surface area contributed by atoms with E-state index in [4.69, 9.17) is 49.6 Å². The Kier molecular flexibility index (Phi) is 20.6. The summed E-state index contributed by atoms with van der Waals surface area (Å²) < 4.78 is 45.7. The number of hydrogen-bond acceptors (Lipinski definition) is 2. The van der Waals surface area contributed by atoms with Crippen molar-refractivity contribution < 1.29 is 43.4 Å². The second-order valence-electron chi connectivity index (χ2n) is 8.01. The summed E-state index contributed by atoms with van der Waals surface area (Å²) in [5.74, 6) is 0. The maximum absolute atomic E-state index is 8.67. The number of nitrogens with one attached hydrogen (secondary N) is 4. The van der Waals surface area contributed by atoms with E-state index in [0.29, 0.717) is 0 Å². The molecule has 4 aromatic rings. The van der Waals surface area contributed by atoms with Gasteiger partial charge in [0, 0.05) is 16.8 Å². The van der Waals surface area contributed by atoms with Crippen molar-refractivity contribution in [2.75, 3.05) is 0 Å². The smallest absolute Gasteiger partial charge is 0.299 e. The summed E-state index contributed by atoms with van der Waals surface area (Å²) >= 11 is -5.22. The molecule has 0 saturated heterocycles. The van der Waals surface area contributed by atoms with E-state index < -0.39 is 46.9 Å². The first-order chi connectivity index (χ1) is 19.0. The molecule has 0 saturated carbocycles. The summed E-state index contributed by atoms with van der Waals surface area (Å²) in [6.07, 6.45) is 0. The molecule has 4 rings (SSSR count). The Morgan fingerprint density at radius 3 is 0.634 bits per heavy atom. The van der Waals surface area contributed by atoms with Crippen LogP contribution in [-0.4, -0.2) is 26.6 Å². The van der Waals surface area contributed by atoms with E-state index in [1.54, 1.807) is 0 Å². The van der Waals surface area contributed by atoms with Gasteiger partial charge in [-0.1, -0.05) is 144 Å². The minimum absolute atomic E-state index is 0. The molecular weight excluding hydrogens is 611 g/mol. The predicted octanol–water partition coefficient (Wildman–Crippen LogP) is 8.51. The van der Waals surface area contributed by atoms with Crippen LogP contribution in [0.1, 0.15) is 46.4 Å². The van der Waals surface area contributed by atoms with Gasteiger partial charge in [0.2, 0.25) is 0 Å². The standard InChI is InChI=1S/2C14H14N2.Co.2H2O3S/c2*15-13(11-7-3-1-4-8-11)14(16)12-9-5-2-6-10-12;;2*1-4(2)3/h2*1-10,13-16H;;2*(H2,1,2,3)/q2*-2;;;. The Bertz CT molecular complexity index is 1060. The van der Waals surface area contributed by atoms with E-state index in [1.807, 2.05) is 121 Å². The SMILES string of the molecule is O=S(O)O.O=S(O)O.[Co].[NH-]C(c1ccccc1)C([NH-])c1ccccc1.[NH-]C(c1ccccc1)C([NH-])c1ccccc1. The van der Waals surface area contributed by atoms with Crippen LogP contribution in [0.15, 0.2) is 121 Å². The van der Waals surface area contributed by atoms with Gasteiger partial charge in [-0.3, -0.25) is 18.2 Å². The minimum Gasteiger partial charge on any atom is -0.672 e. The van der Waals surface area contributed by atoms with Gasteiger partial charge in [-0.2, -0.15) is 8.42 Å². The molecule has 0 heterocycles. The zero-order chi connectivity index (χ0) is 29.9. The molecule has 0 amide bonds. The van der Waals surface area contributed by atoms with Gasteiger partial charge in [-0.05, 0) is 0 Å². The molecule has 4 unspecified atom stereocenters. The maximum Gasteiger partial charge on any atom is 0.299 e. The monoisotopic (exact) mass is 643 g/mol. The summed E-state index contributed by atoms with van der Waals surface area (Å²) in [5.41, 5.74) is 35.9. The second-order valence-corrected chi connectivity index (χ2v) is 8.94. The molecule has 0 bridgehead atoms. The topological polar surface area (TPSA) is 210 Å². The van der Waals surface area contributed by atoms with Crippen LogP contribution in [0.2, 0.25) is 0 Å². The van der Waals surface area contributed by atoms with Gasteiger partial charge < -0.3 is 22.9 Å². The Labute approximate surface area is 256 Å². The molecule has 13 heteroatoms. The van der Waals surface area contributed by atoms with E-state index >= 15 is 0 Å². The molecular formula is C28H32CoN4O6S2-4. The Balaban J connectivity index is 0.000000609. The first kappa shape index (κ1) is 38.4. The summed E-state index contributed by atoms with van der Waals surface area (Å²) in [4.78, 5) is 0. The fourth-order valence-corrected chi connectivity index (χ4v) is 3.41. The van der Waals surface area contributed by atoms with Gasteiger partial charge in [-0.25, -0.2) is 0 Å². The van der Waals surface area contributed by atoms with E-state index in [-0.39, 0.29) is 16.8 Å². The van der Waals surface area contributed by atoms with Gasteiger partial charge >= 0.3 is 0 Å². The predicted molar refractivity (Wildman–Crippen MR) is 161 cm³/mol. The molecule has 0 aliphatic rings. The molecule has 4 aromatic carbocycles. The van der Waals surface area contributed by atoms with Gasteiger partial charge in [0.05, 0.1) is 0 Å². The van der Waals surface area contributed by atoms with Crippen molar-refractivity contribution in [1.29, 1.82) is 0 Å². The second kappa shape index (κ2) is 22.0. The minimum atomic E-state index is -2.61. The van der Waals surface area contributed by atoms with Crippen molar-refractivity contribution in [1.82, 2.24) is 0 Å². The van der Waals surface area contributed by atoms with E-state index in [2.05, 4.69) is 0 Å². The van der Waals surface area contributed by atoms with Crippen molar-refractivity contribution in [3.8, 4) is 0 Å². The quantitative estimate of drug-likeness (QED) is 0.151. The fourth-order valence-electron chi connectivity index (χ4n) is 3.41. The van der Waals surface area contributed by atoms with E-state index in [9.17, 15) is 0 Å². The van der Waals surface area contributed by atoms with Crippen LogP contribution < -0.4 is 0 Å². The molecule has 0 aromatic heterocycles. The molecule has 0 fully saturated rings. The van der Waals surface area contributed by atoms with Crippen LogP contribution in [0.4, 0.5) is 0 Å². The van der Waals surface area contributed by atoms with Gasteiger partial charge in [0.15, 0.2) is 0 Å². The number of benzene rings is 4. The Morgan fingerprint density at radius 2 is 0.512 bits per heavy atom. The molecule has 4 atom stereocenters. The van der Waals surface area contributed by atoms with Gasteiger partial charge in [0.1, 0.15) is 0 Å². The average molecular weight is 644 g/mol. The van der Waals surface area contributed by atoms with Crippen molar-refractivity contribution in [2.24, 2.45) is 0 Å². The molecule has 225 valence electrons. The summed E-state index contributed by atoms with van der Waals surface area (Å²) in [7, 11) is 0. The van der Waals surface area contributed by atoms with E-state index in [0.717, 1.165) is 22.3 Å². The summed E-state index contributed by atoms with van der Waals surface area (Å²) in [6.45, 7) is 0. The third kappa shape index (κ3) is 16.4. The third-order valence-corrected chi connectivity index (χ3v) is 5.30. The Hall–Kier alpha value is -2.63. The molecule has 41 heavy (non-hydrogen) atoms. The molecule has 0 spiro atoms. The van der Waals surface area contributed by atoms with E-state index in [1.165, 1.54) is 0 Å². The van der Waals surface area contributed by atoms with Crippen LogP contribution in [-0.2, 0) is 39.5 Å². The van der Waals surface area contributed by atoms with Crippen molar-refractivity contribution in [2.45, 2.75) is 24.2 Å². The van der Waals surface area contributed by atoms with Crippen LogP contribution in [0.3, 0.4) is 0 Å². The van der Waals surface area contributed by atoms with Crippen molar-refractivity contribution >= 4 is 22.7 Å². The van der Waals surface area contributed by atoms with Crippen molar-refractivity contribution in [3.05, 3.63) is 167 Å². The Morgan fingerprint density at radius 1 is 0.390 bits per heavy atom. The van der Waals surface area contributed by atoms with Crippen LogP contribution in [0, 0.1) is 0 Å². The molecule has 10 nitrogen and oxygen atoms in total. The van der Waals surface area contributed by atoms with Gasteiger partial charge in [-0.15, -0.1) is 24.2 Å². The molecule has 0 aliphatic heterocycles. The average Bonchev–Trinajstić information content (AvgIpc) is 2.97. The zero-order valence-corrected chi connectivity index (χ0v) is 24.3. The summed E-state index contributed by atoms with van der Waals surface area (Å²) in [5, 5.41) is 0. The fraction of sp³-hybridized carbons (Fsp3) is 0.143. The number of rotatable bonds is 6. The first-order valence-corrected chi connectivity index (χ1v) is 13.8. The molecule has 0 aliphatic carbocycles. The number of hydrogen-bond donors (Lipinski definition) is 4. The third-order valence-electron chi connectivity index (χ3n) is 5.30. The van der Waals surface area contributed by atoms with Crippen LogP contribution in [0.25, 0.3) is 22.9 Å².